The molecule has 0 N–H and O–H groups in total. The second-order valence-electron chi connectivity index (χ2n) is 17.9. The lowest BCUT2D eigenvalue weighted by Gasteiger charge is -2.50. The minimum Gasteiger partial charge on any atom is -0.456 e. The second kappa shape index (κ2) is 14.6. The number of para-hydroxylation sites is 4. The van der Waals surface area contributed by atoms with Gasteiger partial charge in [0.15, 0.2) is 17.5 Å². The van der Waals surface area contributed by atoms with Crippen LogP contribution in [0.25, 0.3) is 72.8 Å². The van der Waals surface area contributed by atoms with E-state index in [-0.39, 0.29) is 5.41 Å². The zero-order valence-electron chi connectivity index (χ0n) is 36.5. The van der Waals surface area contributed by atoms with Crippen LogP contribution in [0, 0.1) is 0 Å². The maximum atomic E-state index is 7.11. The summed E-state index contributed by atoms with van der Waals surface area (Å²) in [4.78, 5) is 15.5. The Kier molecular flexibility index (Phi) is 8.40. The van der Waals surface area contributed by atoms with Crippen molar-refractivity contribution in [2.75, 3.05) is 0 Å². The molecule has 1 aliphatic carbocycles. The van der Waals surface area contributed by atoms with Crippen molar-refractivity contribution in [1.82, 2.24) is 19.5 Å². The van der Waals surface area contributed by atoms with Gasteiger partial charge in [-0.25, -0.2) is 15.0 Å². The molecule has 1 spiro atoms. The van der Waals surface area contributed by atoms with Crippen LogP contribution >= 0.6 is 0 Å². The lowest BCUT2D eigenvalue weighted by Crippen LogP contribution is -2.43. The summed E-state index contributed by atoms with van der Waals surface area (Å²) in [6, 6.07) is 77.6. The minimum absolute atomic E-state index is 0.200. The molecular formula is C61H42N4O. The third kappa shape index (κ3) is 5.56. The molecular weight excluding hydrogens is 805 g/mol. The summed E-state index contributed by atoms with van der Waals surface area (Å²) in [5.41, 5.74) is 14.8. The summed E-state index contributed by atoms with van der Waals surface area (Å²) in [5.74, 6) is 3.52. The highest BCUT2D eigenvalue weighted by Gasteiger charge is 2.53. The lowest BCUT2D eigenvalue weighted by atomic mass is 9.53. The number of benzene rings is 9. The summed E-state index contributed by atoms with van der Waals surface area (Å²) in [7, 11) is 0. The highest BCUT2D eigenvalue weighted by Crippen LogP contribution is 2.62. The van der Waals surface area contributed by atoms with Gasteiger partial charge in [0.1, 0.15) is 11.5 Å². The minimum atomic E-state index is -0.606. The van der Waals surface area contributed by atoms with Crippen LogP contribution in [0.4, 0.5) is 0 Å². The van der Waals surface area contributed by atoms with E-state index in [0.29, 0.717) is 17.5 Å². The summed E-state index contributed by atoms with van der Waals surface area (Å²) in [5, 5.41) is 2.46. The molecule has 0 atom stereocenters. The van der Waals surface area contributed by atoms with E-state index in [1.165, 1.54) is 44.1 Å². The van der Waals surface area contributed by atoms with Crippen molar-refractivity contribution in [2.45, 2.75) is 24.7 Å². The predicted octanol–water partition coefficient (Wildman–Crippen LogP) is 14.8. The van der Waals surface area contributed by atoms with Crippen molar-refractivity contribution in [3.8, 4) is 62.5 Å². The zero-order chi connectivity index (χ0) is 44.0. The average Bonchev–Trinajstić information content (AvgIpc) is 3.72. The molecule has 2 aliphatic rings. The molecule has 13 rings (SSSR count). The zero-order valence-corrected chi connectivity index (χ0v) is 36.5. The van der Waals surface area contributed by atoms with E-state index in [0.717, 1.165) is 56.1 Å². The molecule has 5 heteroatoms. The van der Waals surface area contributed by atoms with Crippen LogP contribution in [0.3, 0.4) is 0 Å². The van der Waals surface area contributed by atoms with E-state index < -0.39 is 5.41 Å². The van der Waals surface area contributed by atoms with Gasteiger partial charge in [0.2, 0.25) is 0 Å². The van der Waals surface area contributed by atoms with Crippen molar-refractivity contribution < 1.29 is 4.74 Å². The maximum Gasteiger partial charge on any atom is 0.164 e. The molecule has 5 nitrogen and oxygen atoms in total. The summed E-state index contributed by atoms with van der Waals surface area (Å²) in [6.07, 6.45) is 0. The number of aromatic nitrogens is 4. The molecule has 0 amide bonds. The smallest absolute Gasteiger partial charge is 0.164 e. The normalized spacial score (nSPS) is 14.0. The van der Waals surface area contributed by atoms with Crippen LogP contribution in [0.2, 0.25) is 0 Å². The van der Waals surface area contributed by atoms with E-state index in [1.807, 2.05) is 18.2 Å². The van der Waals surface area contributed by atoms with E-state index in [4.69, 9.17) is 19.7 Å². The van der Waals surface area contributed by atoms with Gasteiger partial charge in [0.05, 0.1) is 16.4 Å². The third-order valence-corrected chi connectivity index (χ3v) is 14.0. The molecule has 11 aromatic rings. The fraction of sp³-hybridized carbons (Fsp3) is 0.0656. The first-order valence-electron chi connectivity index (χ1n) is 22.6. The van der Waals surface area contributed by atoms with E-state index in [2.05, 4.69) is 219 Å². The number of nitrogens with zero attached hydrogens (tertiary/aromatic N) is 4. The van der Waals surface area contributed by atoms with Gasteiger partial charge < -0.3 is 9.30 Å². The highest BCUT2D eigenvalue weighted by atomic mass is 16.5. The lowest BCUT2D eigenvalue weighted by molar-refractivity contribution is 0.427. The van der Waals surface area contributed by atoms with Crippen LogP contribution in [-0.4, -0.2) is 19.5 Å². The Hall–Kier alpha value is -8.41. The highest BCUT2D eigenvalue weighted by molar-refractivity contribution is 6.09. The summed E-state index contributed by atoms with van der Waals surface area (Å²) >= 11 is 0. The molecule has 0 bridgehead atoms. The Morgan fingerprint density at radius 1 is 0.379 bits per heavy atom. The topological polar surface area (TPSA) is 52.8 Å². The Labute approximate surface area is 383 Å². The largest absolute Gasteiger partial charge is 0.456 e. The van der Waals surface area contributed by atoms with E-state index >= 15 is 0 Å². The van der Waals surface area contributed by atoms with E-state index in [9.17, 15) is 0 Å². The third-order valence-electron chi connectivity index (χ3n) is 14.0. The van der Waals surface area contributed by atoms with Gasteiger partial charge in [-0.15, -0.1) is 0 Å². The molecule has 0 saturated carbocycles. The molecule has 0 saturated heterocycles. The van der Waals surface area contributed by atoms with Gasteiger partial charge in [-0.3, -0.25) is 0 Å². The Morgan fingerprint density at radius 2 is 0.848 bits per heavy atom. The Morgan fingerprint density at radius 3 is 1.50 bits per heavy atom. The van der Waals surface area contributed by atoms with Gasteiger partial charge in [-0.1, -0.05) is 184 Å². The number of rotatable bonds is 5. The van der Waals surface area contributed by atoms with Crippen molar-refractivity contribution >= 4 is 21.8 Å². The second-order valence-corrected chi connectivity index (χ2v) is 17.9. The van der Waals surface area contributed by atoms with Gasteiger partial charge in [0, 0.05) is 55.3 Å². The van der Waals surface area contributed by atoms with Crippen LogP contribution < -0.4 is 4.74 Å². The van der Waals surface area contributed by atoms with Crippen molar-refractivity contribution in [3.05, 3.63) is 252 Å². The van der Waals surface area contributed by atoms with Crippen LogP contribution in [0.5, 0.6) is 11.5 Å². The van der Waals surface area contributed by atoms with Crippen molar-refractivity contribution in [2.24, 2.45) is 0 Å². The summed E-state index contributed by atoms with van der Waals surface area (Å²) in [6.45, 7) is 4.70. The average molecular weight is 847 g/mol. The van der Waals surface area contributed by atoms with Gasteiger partial charge >= 0.3 is 0 Å². The molecule has 0 unspecified atom stereocenters. The molecule has 312 valence electrons. The van der Waals surface area contributed by atoms with E-state index in [1.54, 1.807) is 0 Å². The van der Waals surface area contributed by atoms with Gasteiger partial charge in [0.25, 0.3) is 0 Å². The number of hydrogen-bond acceptors (Lipinski definition) is 4. The van der Waals surface area contributed by atoms with Crippen molar-refractivity contribution in [1.29, 1.82) is 0 Å². The fourth-order valence-electron chi connectivity index (χ4n) is 11.0. The Bertz CT molecular complexity index is 3610. The molecule has 3 heterocycles. The quantitative estimate of drug-likeness (QED) is 0.173. The van der Waals surface area contributed by atoms with Crippen LogP contribution in [-0.2, 0) is 10.8 Å². The predicted molar refractivity (Wildman–Crippen MR) is 266 cm³/mol. The number of ether oxygens (including phenoxy) is 1. The fourth-order valence-corrected chi connectivity index (χ4v) is 11.0. The molecule has 0 fully saturated rings. The molecule has 0 radical (unpaired) electrons. The first kappa shape index (κ1) is 38.1. The first-order valence-corrected chi connectivity index (χ1v) is 22.6. The molecule has 66 heavy (non-hydrogen) atoms. The molecule has 1 aliphatic heterocycles. The first-order chi connectivity index (χ1) is 32.5. The Balaban J connectivity index is 0.959. The van der Waals surface area contributed by atoms with Gasteiger partial charge in [-0.05, 0) is 76.3 Å². The van der Waals surface area contributed by atoms with Crippen molar-refractivity contribution in [3.63, 3.8) is 0 Å². The SMILES string of the molecule is CC1(C)c2ccccc2C2(c3ccccc3Oc3c(-c4cccc(-c5nc(-c6ccccc6)nc(-c6ccc(-n7c8ccccc8c8ccccc87)cc6)n5)c4)cccc32)c2ccccc21. The van der Waals surface area contributed by atoms with Gasteiger partial charge in [-0.2, -0.15) is 0 Å². The maximum absolute atomic E-state index is 7.11. The number of fused-ring (bicyclic) bond motifs is 11. The van der Waals surface area contributed by atoms with Crippen LogP contribution in [0.15, 0.2) is 218 Å². The standard InChI is InChI=1S/C61H42N4O/c1-60(2)47-25-8-10-27-49(47)61(50-28-11-9-26-48(50)60)51-29-12-15-33-55(51)66-56-44(24-17-30-52(56)61)41-20-16-21-42(38-41)59-63-57(39-18-4-3-5-19-39)62-58(64-59)40-34-36-43(37-35-40)65-53-31-13-6-22-45(53)46-23-7-14-32-54(46)65/h3-38H,1-2H3. The molecule has 2 aromatic heterocycles. The number of hydrogen-bond donors (Lipinski definition) is 0. The summed E-state index contributed by atoms with van der Waals surface area (Å²) < 4.78 is 9.44. The monoisotopic (exact) mass is 846 g/mol. The molecule has 9 aromatic carbocycles. The van der Waals surface area contributed by atoms with Crippen LogP contribution in [0.1, 0.15) is 47.2 Å².